The smallest absolute Gasteiger partial charge is 0.373 e. The van der Waals surface area contributed by atoms with Gasteiger partial charge in [-0.1, -0.05) is 18.2 Å². The third-order valence-electron chi connectivity index (χ3n) is 8.87. The van der Waals surface area contributed by atoms with Crippen LogP contribution in [-0.4, -0.2) is 50.7 Å². The standard InChI is InChI=1S/C34H29F3N2O3S.CO2/c1-38(2)22-16-23-24(19-11-5-4-10-18(19)22)25(26-27(34(40)41)28(35)30(37)33(43-3)29(26)36)21-15-17-9-6-7-13-39-14-8-12-20(31(17)39)32(21)42-23;2-1-3/h4-5,10-11,15-16H,6-9,12-14H2,1-3H3;/p+1. The lowest BCUT2D eigenvalue weighted by molar-refractivity contribution is -0.191. The second-order valence-electron chi connectivity index (χ2n) is 11.6. The van der Waals surface area contributed by atoms with Gasteiger partial charge in [0.1, 0.15) is 36.8 Å². The van der Waals surface area contributed by atoms with E-state index in [1.807, 2.05) is 55.1 Å². The van der Waals surface area contributed by atoms with Crippen molar-refractivity contribution < 1.29 is 37.1 Å². The molecule has 0 saturated heterocycles. The largest absolute Gasteiger partial charge is 0.478 e. The van der Waals surface area contributed by atoms with Gasteiger partial charge in [0, 0.05) is 46.4 Å². The quantitative estimate of drug-likeness (QED) is 0.0764. The highest BCUT2D eigenvalue weighted by Crippen LogP contribution is 2.50. The zero-order valence-electron chi connectivity index (χ0n) is 25.4. The lowest BCUT2D eigenvalue weighted by Gasteiger charge is -2.33. The van der Waals surface area contributed by atoms with Crippen LogP contribution in [0, 0.1) is 17.5 Å². The summed E-state index contributed by atoms with van der Waals surface area (Å²) in [7, 11) is 3.83. The minimum absolute atomic E-state index is 0.210. The topological polar surface area (TPSA) is 90.8 Å². The van der Waals surface area contributed by atoms with Crippen LogP contribution in [0.4, 0.5) is 18.9 Å². The molecule has 7 nitrogen and oxygen atoms in total. The number of rotatable bonds is 3. The third-order valence-corrected chi connectivity index (χ3v) is 9.64. The molecule has 0 radical (unpaired) electrons. The first-order valence-electron chi connectivity index (χ1n) is 14.8. The number of carbonyl (C=O) groups is 1. The number of thioether (sulfide) groups is 1. The van der Waals surface area contributed by atoms with E-state index in [0.29, 0.717) is 39.4 Å². The summed E-state index contributed by atoms with van der Waals surface area (Å²) in [6, 6.07) is 11.4. The number of carboxylic acids is 1. The van der Waals surface area contributed by atoms with E-state index in [9.17, 15) is 9.90 Å². The van der Waals surface area contributed by atoms with E-state index in [0.717, 1.165) is 72.8 Å². The molecule has 0 aromatic heterocycles. The molecule has 1 aliphatic carbocycles. The number of hydrogen-bond donors (Lipinski definition) is 1. The summed E-state index contributed by atoms with van der Waals surface area (Å²) in [4.78, 5) is 30.7. The second-order valence-corrected chi connectivity index (χ2v) is 12.4. The number of hydrogen-bond acceptors (Lipinski definition) is 6. The van der Waals surface area contributed by atoms with Crippen LogP contribution in [-0.2, 0) is 22.4 Å². The molecule has 0 unspecified atom stereocenters. The first-order chi connectivity index (χ1) is 22.1. The highest BCUT2D eigenvalue weighted by Gasteiger charge is 2.35. The second kappa shape index (κ2) is 12.3. The Hall–Kier alpha value is -4.60. The Morgan fingerprint density at radius 3 is 2.28 bits per heavy atom. The molecule has 0 fully saturated rings. The van der Waals surface area contributed by atoms with Gasteiger partial charge in [-0.15, -0.1) is 11.8 Å². The van der Waals surface area contributed by atoms with Gasteiger partial charge in [0.05, 0.1) is 16.3 Å². The van der Waals surface area contributed by atoms with E-state index < -0.39 is 39.4 Å². The summed E-state index contributed by atoms with van der Waals surface area (Å²) < 4.78 is 56.1. The van der Waals surface area contributed by atoms with Crippen LogP contribution in [0.15, 0.2) is 45.7 Å². The van der Waals surface area contributed by atoms with E-state index in [4.69, 9.17) is 14.0 Å². The van der Waals surface area contributed by atoms with Gasteiger partial charge in [0.25, 0.3) is 0 Å². The zero-order chi connectivity index (χ0) is 32.9. The first-order valence-corrected chi connectivity index (χ1v) is 16.1. The fourth-order valence-electron chi connectivity index (χ4n) is 7.09. The summed E-state index contributed by atoms with van der Waals surface area (Å²) in [5.41, 5.74) is 2.92. The summed E-state index contributed by atoms with van der Waals surface area (Å²) in [6.07, 6.45) is 6.14. The van der Waals surface area contributed by atoms with Gasteiger partial charge in [0.15, 0.2) is 11.6 Å². The predicted molar refractivity (Wildman–Crippen MR) is 170 cm³/mol. The van der Waals surface area contributed by atoms with E-state index in [2.05, 4.69) is 4.90 Å². The van der Waals surface area contributed by atoms with Gasteiger partial charge in [0.2, 0.25) is 5.36 Å². The molecule has 11 heteroatoms. The number of fused-ring (bicyclic) bond motifs is 5. The molecule has 3 heterocycles. The number of halogens is 3. The van der Waals surface area contributed by atoms with Gasteiger partial charge in [-0.25, -0.2) is 22.5 Å². The molecule has 236 valence electrons. The van der Waals surface area contributed by atoms with Gasteiger partial charge in [-0.3, -0.25) is 0 Å². The van der Waals surface area contributed by atoms with Crippen LogP contribution in [0.5, 0.6) is 0 Å². The van der Waals surface area contributed by atoms with Gasteiger partial charge in [-0.05, 0) is 61.4 Å². The molecule has 46 heavy (non-hydrogen) atoms. The summed E-state index contributed by atoms with van der Waals surface area (Å²) in [5, 5.41) is 13.1. The fraction of sp³-hybridized carbons (Fsp3) is 0.286. The van der Waals surface area contributed by atoms with Crippen molar-refractivity contribution in [2.24, 2.45) is 0 Å². The highest BCUT2D eigenvalue weighted by atomic mass is 32.2. The van der Waals surface area contributed by atoms with Crippen molar-refractivity contribution in [2.75, 3.05) is 38.3 Å². The summed E-state index contributed by atoms with van der Waals surface area (Å²) in [6.45, 7) is 1.86. The average Bonchev–Trinajstić information content (AvgIpc) is 3.25. The van der Waals surface area contributed by atoms with Gasteiger partial charge in [-0.2, -0.15) is 9.59 Å². The number of carboxylic acid groups (broad SMARTS) is 1. The van der Waals surface area contributed by atoms with E-state index in [-0.39, 0.29) is 11.7 Å². The fourth-order valence-corrected chi connectivity index (χ4v) is 7.64. The van der Waals surface area contributed by atoms with Gasteiger partial charge < -0.3 is 14.4 Å². The van der Waals surface area contributed by atoms with Crippen molar-refractivity contribution in [1.82, 2.24) is 4.58 Å². The SMILES string of the molecule is CSc1c(F)c(F)c(C(=O)O)c(-c2c3c4ccccc4c(=[N+](C)C)cc-3oc3c4c5c(cc23)CCCCN5CCC4)c1F.O=C=O. The molecule has 4 aliphatic rings. The number of aromatic carboxylic acids is 1. The molecule has 0 atom stereocenters. The molecule has 0 spiro atoms. The van der Waals surface area contributed by atoms with Crippen molar-refractivity contribution in [3.05, 3.63) is 75.9 Å². The molecule has 7 rings (SSSR count). The van der Waals surface area contributed by atoms with Crippen molar-refractivity contribution in [3.63, 3.8) is 0 Å². The number of nitrogens with zero attached hydrogens (tertiary/aromatic N) is 2. The van der Waals surface area contributed by atoms with Crippen molar-refractivity contribution in [1.29, 1.82) is 0 Å². The molecule has 1 N–H and O–H groups in total. The lowest BCUT2D eigenvalue weighted by atomic mass is 9.84. The molecule has 0 amide bonds. The van der Waals surface area contributed by atoms with Crippen LogP contribution in [0.2, 0.25) is 0 Å². The molecule has 3 aromatic carbocycles. The van der Waals surface area contributed by atoms with Crippen molar-refractivity contribution in [3.8, 4) is 22.5 Å². The minimum Gasteiger partial charge on any atom is -0.478 e. The summed E-state index contributed by atoms with van der Waals surface area (Å²) >= 11 is 0.709. The van der Waals surface area contributed by atoms with E-state index in [1.54, 1.807) is 0 Å². The first kappa shape index (κ1) is 31.4. The number of anilines is 1. The third kappa shape index (κ3) is 4.85. The van der Waals surface area contributed by atoms with Crippen LogP contribution >= 0.6 is 11.8 Å². The van der Waals surface area contributed by atoms with Crippen LogP contribution < -0.4 is 14.8 Å². The molecule has 3 aliphatic heterocycles. The Labute approximate surface area is 266 Å². The Morgan fingerprint density at radius 1 is 0.913 bits per heavy atom. The number of benzene rings is 4. The molecule has 0 bridgehead atoms. The van der Waals surface area contributed by atoms with E-state index >= 15 is 13.2 Å². The van der Waals surface area contributed by atoms with Gasteiger partial charge >= 0.3 is 12.1 Å². The highest BCUT2D eigenvalue weighted by molar-refractivity contribution is 7.98. The van der Waals surface area contributed by atoms with Crippen LogP contribution in [0.25, 0.3) is 44.2 Å². The lowest BCUT2D eigenvalue weighted by Crippen LogP contribution is -2.30. The van der Waals surface area contributed by atoms with Crippen LogP contribution in [0.1, 0.15) is 40.7 Å². The average molecular weight is 648 g/mol. The Balaban J connectivity index is 0.00000119. The predicted octanol–water partition coefficient (Wildman–Crippen LogP) is 6.73. The Morgan fingerprint density at radius 2 is 1.61 bits per heavy atom. The maximum Gasteiger partial charge on any atom is 0.373 e. The number of aryl methyl sites for hydroxylation is 2. The minimum atomic E-state index is -1.74. The van der Waals surface area contributed by atoms with E-state index in [1.165, 1.54) is 6.26 Å². The van der Waals surface area contributed by atoms with Crippen molar-refractivity contribution >= 4 is 51.3 Å². The normalized spacial score (nSPS) is 14.0. The van der Waals surface area contributed by atoms with Crippen molar-refractivity contribution in [2.45, 2.75) is 37.0 Å². The molecular formula is C35H30F3N2O5S+. The maximum absolute atomic E-state index is 16.6. The Kier molecular flexibility index (Phi) is 8.39. The maximum atomic E-state index is 16.6. The van der Waals surface area contributed by atoms with Crippen LogP contribution in [0.3, 0.4) is 0 Å². The summed E-state index contributed by atoms with van der Waals surface area (Å²) in [5.74, 6) is -5.50. The molecule has 0 saturated carbocycles. The zero-order valence-corrected chi connectivity index (χ0v) is 26.2. The molecular weight excluding hydrogens is 617 g/mol. The Bertz CT molecular complexity index is 2150. The number of carbonyl (C=O) groups excluding carboxylic acids is 2. The monoisotopic (exact) mass is 647 g/mol. The molecule has 3 aromatic rings.